The maximum absolute atomic E-state index is 13.7. The first kappa shape index (κ1) is 12.6. The van der Waals surface area contributed by atoms with E-state index in [1.165, 1.54) is 12.1 Å². The number of para-hydroxylation sites is 1. The van der Waals surface area contributed by atoms with Gasteiger partial charge in [-0.25, -0.2) is 0 Å². The molecule has 2 aromatic carbocycles. The van der Waals surface area contributed by atoms with E-state index in [0.29, 0.717) is 16.8 Å². The molecule has 4 nitrogen and oxygen atoms in total. The van der Waals surface area contributed by atoms with Crippen LogP contribution in [0.2, 0.25) is 0 Å². The monoisotopic (exact) mass is 272 g/mol. The first-order chi connectivity index (χ1) is 9.49. The smallest absolute Gasteiger partial charge is 0.305 e. The lowest BCUT2D eigenvalue weighted by molar-refractivity contribution is -0.387. The number of aromatic amines is 1. The molecule has 5 heteroatoms. The summed E-state index contributed by atoms with van der Waals surface area (Å²) in [4.78, 5) is 13.3. The molecule has 0 aliphatic carbocycles. The van der Waals surface area contributed by atoms with E-state index in [0.717, 1.165) is 16.5 Å². The zero-order valence-corrected chi connectivity index (χ0v) is 11.1. The van der Waals surface area contributed by atoms with Crippen molar-refractivity contribution in [3.8, 4) is 0 Å². The van der Waals surface area contributed by atoms with E-state index in [1.54, 1.807) is 0 Å². The van der Waals surface area contributed by atoms with Gasteiger partial charge in [-0.1, -0.05) is 32.0 Å². The van der Waals surface area contributed by atoms with Gasteiger partial charge in [-0.3, -0.25) is 10.1 Å². The van der Waals surface area contributed by atoms with Crippen LogP contribution in [0.4, 0.5) is 10.1 Å². The van der Waals surface area contributed by atoms with Gasteiger partial charge in [-0.2, -0.15) is 4.39 Å². The van der Waals surface area contributed by atoms with Crippen molar-refractivity contribution in [3.63, 3.8) is 0 Å². The Bertz CT molecular complexity index is 837. The maximum Gasteiger partial charge on any atom is 0.305 e. The standard InChI is InChI=1S/C15H13FN2O2/c1-8(2)9-4-3-5-10-11-6-14(18(19)20)12(16)7-13(11)17-15(9)10/h3-8,17H,1-2H3. The molecule has 0 aliphatic rings. The number of H-pyrrole nitrogens is 1. The molecule has 0 atom stereocenters. The van der Waals surface area contributed by atoms with Crippen LogP contribution >= 0.6 is 0 Å². The van der Waals surface area contributed by atoms with E-state index in [1.807, 2.05) is 18.2 Å². The summed E-state index contributed by atoms with van der Waals surface area (Å²) < 4.78 is 13.7. The van der Waals surface area contributed by atoms with E-state index < -0.39 is 16.4 Å². The van der Waals surface area contributed by atoms with Gasteiger partial charge in [0.25, 0.3) is 0 Å². The van der Waals surface area contributed by atoms with Crippen molar-refractivity contribution < 1.29 is 9.31 Å². The van der Waals surface area contributed by atoms with Gasteiger partial charge in [0.05, 0.1) is 4.92 Å². The Morgan fingerprint density at radius 1 is 1.25 bits per heavy atom. The summed E-state index contributed by atoms with van der Waals surface area (Å²) in [6.07, 6.45) is 0. The molecule has 102 valence electrons. The van der Waals surface area contributed by atoms with Gasteiger partial charge in [0.15, 0.2) is 0 Å². The molecular formula is C15H13FN2O2. The Kier molecular flexibility index (Phi) is 2.71. The number of nitro benzene ring substituents is 1. The Labute approximate surface area is 114 Å². The minimum atomic E-state index is -0.819. The van der Waals surface area contributed by atoms with Gasteiger partial charge in [-0.05, 0) is 11.5 Å². The van der Waals surface area contributed by atoms with E-state index in [4.69, 9.17) is 0 Å². The molecule has 0 aliphatic heterocycles. The normalized spacial score (nSPS) is 11.6. The van der Waals surface area contributed by atoms with E-state index in [9.17, 15) is 14.5 Å². The Morgan fingerprint density at radius 3 is 2.65 bits per heavy atom. The number of nitro groups is 1. The quantitative estimate of drug-likeness (QED) is 0.552. The summed E-state index contributed by atoms with van der Waals surface area (Å²) in [6.45, 7) is 4.15. The molecule has 0 radical (unpaired) electrons. The highest BCUT2D eigenvalue weighted by Crippen LogP contribution is 2.34. The van der Waals surface area contributed by atoms with Crippen LogP contribution in [0.15, 0.2) is 30.3 Å². The molecule has 3 aromatic rings. The molecule has 20 heavy (non-hydrogen) atoms. The minimum Gasteiger partial charge on any atom is -0.354 e. The fourth-order valence-corrected chi connectivity index (χ4v) is 2.58. The molecule has 0 spiro atoms. The summed E-state index contributed by atoms with van der Waals surface area (Å²) in [7, 11) is 0. The summed E-state index contributed by atoms with van der Waals surface area (Å²) in [5.41, 5.74) is 2.11. The summed E-state index contributed by atoms with van der Waals surface area (Å²) in [5.74, 6) is -0.508. The second-order valence-electron chi connectivity index (χ2n) is 5.16. The molecule has 0 bridgehead atoms. The van der Waals surface area contributed by atoms with Gasteiger partial charge >= 0.3 is 5.69 Å². The second kappa shape index (κ2) is 4.30. The molecule has 1 N–H and O–H groups in total. The average Bonchev–Trinajstić information content (AvgIpc) is 2.74. The minimum absolute atomic E-state index is 0.312. The lowest BCUT2D eigenvalue weighted by atomic mass is 10.00. The van der Waals surface area contributed by atoms with Gasteiger partial charge < -0.3 is 4.98 Å². The topological polar surface area (TPSA) is 58.9 Å². The highest BCUT2D eigenvalue weighted by Gasteiger charge is 2.18. The Hall–Kier alpha value is -2.43. The number of benzene rings is 2. The molecule has 1 heterocycles. The van der Waals surface area contributed by atoms with Gasteiger partial charge in [0.2, 0.25) is 5.82 Å². The Morgan fingerprint density at radius 2 is 2.00 bits per heavy atom. The zero-order chi connectivity index (χ0) is 14.4. The lowest BCUT2D eigenvalue weighted by Gasteiger charge is -2.06. The summed E-state index contributed by atoms with van der Waals surface area (Å²) in [6, 6.07) is 8.31. The van der Waals surface area contributed by atoms with Gasteiger partial charge in [0, 0.05) is 33.9 Å². The van der Waals surface area contributed by atoms with Crippen LogP contribution in [0.5, 0.6) is 0 Å². The number of halogens is 1. The second-order valence-corrected chi connectivity index (χ2v) is 5.16. The van der Waals surface area contributed by atoms with Crippen LogP contribution in [0.25, 0.3) is 21.8 Å². The van der Waals surface area contributed by atoms with Crippen LogP contribution in [-0.2, 0) is 0 Å². The van der Waals surface area contributed by atoms with Crippen LogP contribution < -0.4 is 0 Å². The largest absolute Gasteiger partial charge is 0.354 e. The van der Waals surface area contributed by atoms with Crippen molar-refractivity contribution in [1.82, 2.24) is 4.98 Å². The number of hydrogen-bond acceptors (Lipinski definition) is 2. The van der Waals surface area contributed by atoms with Crippen molar-refractivity contribution in [2.75, 3.05) is 0 Å². The summed E-state index contributed by atoms with van der Waals surface area (Å²) in [5, 5.41) is 12.4. The molecular weight excluding hydrogens is 259 g/mol. The van der Waals surface area contributed by atoms with Crippen molar-refractivity contribution in [3.05, 3.63) is 51.8 Å². The first-order valence-electron chi connectivity index (χ1n) is 6.37. The number of fused-ring (bicyclic) bond motifs is 3. The molecule has 3 rings (SSSR count). The van der Waals surface area contributed by atoms with Gasteiger partial charge in [0.1, 0.15) is 0 Å². The van der Waals surface area contributed by atoms with Crippen LogP contribution in [-0.4, -0.2) is 9.91 Å². The number of hydrogen-bond donors (Lipinski definition) is 1. The first-order valence-corrected chi connectivity index (χ1v) is 6.37. The lowest BCUT2D eigenvalue weighted by Crippen LogP contribution is -1.91. The predicted molar refractivity (Wildman–Crippen MR) is 76.5 cm³/mol. The molecule has 0 saturated carbocycles. The third-order valence-corrected chi connectivity index (χ3v) is 3.55. The molecule has 0 fully saturated rings. The van der Waals surface area contributed by atoms with E-state index >= 15 is 0 Å². The van der Waals surface area contributed by atoms with Crippen LogP contribution in [0, 0.1) is 15.9 Å². The number of aromatic nitrogens is 1. The van der Waals surface area contributed by atoms with Crippen molar-refractivity contribution >= 4 is 27.5 Å². The van der Waals surface area contributed by atoms with E-state index in [2.05, 4.69) is 18.8 Å². The molecule has 0 unspecified atom stereocenters. The third-order valence-electron chi connectivity index (χ3n) is 3.55. The molecule has 1 aromatic heterocycles. The average molecular weight is 272 g/mol. The van der Waals surface area contributed by atoms with E-state index in [-0.39, 0.29) is 0 Å². The Balaban J connectivity index is 2.43. The van der Waals surface area contributed by atoms with Crippen molar-refractivity contribution in [2.45, 2.75) is 19.8 Å². The SMILES string of the molecule is CC(C)c1cccc2c1[nH]c1cc(F)c([N+](=O)[O-])cc12. The van der Waals surface area contributed by atoms with Gasteiger partial charge in [-0.15, -0.1) is 0 Å². The highest BCUT2D eigenvalue weighted by molar-refractivity contribution is 6.09. The van der Waals surface area contributed by atoms with Crippen molar-refractivity contribution in [2.24, 2.45) is 0 Å². The fraction of sp³-hybridized carbons (Fsp3) is 0.200. The van der Waals surface area contributed by atoms with Crippen molar-refractivity contribution in [1.29, 1.82) is 0 Å². The maximum atomic E-state index is 13.7. The number of nitrogens with one attached hydrogen (secondary N) is 1. The predicted octanol–water partition coefficient (Wildman–Crippen LogP) is 4.49. The van der Waals surface area contributed by atoms with Crippen LogP contribution in [0.3, 0.4) is 0 Å². The molecule has 0 saturated heterocycles. The summed E-state index contributed by atoms with van der Waals surface area (Å²) >= 11 is 0. The number of nitrogens with zero attached hydrogens (tertiary/aromatic N) is 1. The zero-order valence-electron chi connectivity index (χ0n) is 11.1. The number of rotatable bonds is 2. The fourth-order valence-electron chi connectivity index (χ4n) is 2.58. The highest BCUT2D eigenvalue weighted by atomic mass is 19.1. The third kappa shape index (κ3) is 1.74. The van der Waals surface area contributed by atoms with Crippen LogP contribution in [0.1, 0.15) is 25.3 Å². The molecule has 0 amide bonds.